The zero-order valence-electron chi connectivity index (χ0n) is 36.9. The van der Waals surface area contributed by atoms with E-state index in [1.807, 2.05) is 48.5 Å². The fourth-order valence-corrected chi connectivity index (χ4v) is 10.7. The molecule has 9 nitrogen and oxygen atoms in total. The number of benzene rings is 4. The van der Waals surface area contributed by atoms with E-state index in [9.17, 15) is 0 Å². The molecule has 15 atom stereocenters. The van der Waals surface area contributed by atoms with Gasteiger partial charge in [0.1, 0.15) is 12.2 Å². The van der Waals surface area contributed by atoms with E-state index in [1.54, 1.807) is 0 Å². The van der Waals surface area contributed by atoms with Crippen molar-refractivity contribution in [2.75, 3.05) is 13.2 Å². The number of ether oxygens (including phenoxy) is 9. The van der Waals surface area contributed by atoms with Crippen molar-refractivity contribution in [2.24, 2.45) is 23.7 Å². The first-order valence-corrected chi connectivity index (χ1v) is 23.2. The fourth-order valence-electron chi connectivity index (χ4n) is 10.7. The van der Waals surface area contributed by atoms with Crippen LogP contribution in [0, 0.1) is 23.7 Å². The predicted molar refractivity (Wildman–Crippen MR) is 236 cm³/mol. The molecule has 0 N–H and O–H groups in total. The maximum absolute atomic E-state index is 7.38. The molecule has 0 bridgehead atoms. The van der Waals surface area contributed by atoms with Crippen molar-refractivity contribution in [1.29, 1.82) is 0 Å². The molecule has 5 fully saturated rings. The van der Waals surface area contributed by atoms with E-state index in [1.165, 1.54) is 0 Å². The lowest BCUT2D eigenvalue weighted by Gasteiger charge is -2.51. The predicted octanol–water partition coefficient (Wildman–Crippen LogP) is 9.49. The van der Waals surface area contributed by atoms with Gasteiger partial charge < -0.3 is 42.6 Å². The van der Waals surface area contributed by atoms with Crippen LogP contribution in [0.5, 0.6) is 0 Å². The minimum absolute atomic E-state index is 0.0418. The maximum Gasteiger partial charge on any atom is 0.174 e. The second-order valence-corrected chi connectivity index (χ2v) is 18.7. The van der Waals surface area contributed by atoms with Crippen molar-refractivity contribution in [3.05, 3.63) is 144 Å². The molecule has 5 aliphatic heterocycles. The molecule has 9 rings (SSSR count). The summed E-state index contributed by atoms with van der Waals surface area (Å²) < 4.78 is 62.7. The summed E-state index contributed by atoms with van der Waals surface area (Å²) in [5.41, 5.74) is 4.54. The summed E-state index contributed by atoms with van der Waals surface area (Å²) >= 11 is 0. The van der Waals surface area contributed by atoms with E-state index in [2.05, 4.69) is 100 Å². The first kappa shape index (κ1) is 43.8. The molecule has 62 heavy (non-hydrogen) atoms. The van der Waals surface area contributed by atoms with Crippen molar-refractivity contribution < 1.29 is 42.6 Å². The standard InChI is InChI=1S/C53H66O9/c1-35-25-44(56-31-41-21-13-7-14-22-41)48(34-54-29-39-17-9-5-10-18-39)59-46-27-47-49(60-45(46)26-35)37(3)50(57-32-42-23-15-8-16-24-42)52-51(61-47)36(2)38(4)53(62-52)28-43(33-58-53)55-30-40-19-11-6-12-20-40/h5-24,35-38,43-52H,25-34H2,1-4H3/t35-,36-,37+,38-,43-,44+,45-,46+,47-,48-,49+,50-,51+,52-,53+/m0/s1. The third kappa shape index (κ3) is 10.1. The van der Waals surface area contributed by atoms with Crippen molar-refractivity contribution >= 4 is 0 Å². The van der Waals surface area contributed by atoms with Crippen LogP contribution in [-0.4, -0.2) is 80.0 Å². The number of hydrogen-bond donors (Lipinski definition) is 0. The minimum Gasteiger partial charge on any atom is -0.374 e. The summed E-state index contributed by atoms with van der Waals surface area (Å²) in [6.45, 7) is 12.0. The van der Waals surface area contributed by atoms with Crippen molar-refractivity contribution in [3.8, 4) is 0 Å². The van der Waals surface area contributed by atoms with Crippen LogP contribution in [0.3, 0.4) is 0 Å². The van der Waals surface area contributed by atoms with Crippen LogP contribution in [0.2, 0.25) is 0 Å². The molecule has 5 saturated heterocycles. The highest BCUT2D eigenvalue weighted by Gasteiger charge is 2.62. The van der Waals surface area contributed by atoms with Gasteiger partial charge in [0.2, 0.25) is 0 Å². The Bertz CT molecular complexity index is 1950. The van der Waals surface area contributed by atoms with Gasteiger partial charge in [-0.15, -0.1) is 0 Å². The molecule has 1 spiro atoms. The second kappa shape index (κ2) is 20.1. The van der Waals surface area contributed by atoms with Gasteiger partial charge in [0.25, 0.3) is 0 Å². The lowest BCUT2D eigenvalue weighted by atomic mass is 9.75. The molecule has 0 aromatic heterocycles. The van der Waals surface area contributed by atoms with Gasteiger partial charge in [0, 0.05) is 24.7 Å². The molecule has 0 radical (unpaired) electrons. The number of hydrogen-bond acceptors (Lipinski definition) is 9. The van der Waals surface area contributed by atoms with Gasteiger partial charge in [-0.2, -0.15) is 0 Å². The van der Waals surface area contributed by atoms with Gasteiger partial charge in [-0.25, -0.2) is 0 Å². The first-order chi connectivity index (χ1) is 30.3. The SMILES string of the molecule is C[C@@H]1C[C@@H]2O[C@@H]3[C@@H](C)[C@H](OCc4ccccc4)[C@@H]4O[C@]5(C[C@H](OCc6ccccc6)CO5)[C@@H](C)[C@H](C)[C@H]4O[C@H]3C[C@H]2O[C@@H](COCc2ccccc2)[C@H](OCc2ccccc2)C1. The summed E-state index contributed by atoms with van der Waals surface area (Å²) in [6.07, 6.45) is 0.801. The van der Waals surface area contributed by atoms with E-state index in [4.69, 9.17) is 42.6 Å². The second-order valence-electron chi connectivity index (χ2n) is 18.7. The Morgan fingerprint density at radius 1 is 0.532 bits per heavy atom. The molecule has 0 saturated carbocycles. The quantitative estimate of drug-likeness (QED) is 0.131. The molecule has 0 unspecified atom stereocenters. The van der Waals surface area contributed by atoms with Crippen LogP contribution in [0.1, 0.15) is 75.6 Å². The molecular weight excluding hydrogens is 781 g/mol. The van der Waals surface area contributed by atoms with Gasteiger partial charge >= 0.3 is 0 Å². The van der Waals surface area contributed by atoms with E-state index < -0.39 is 5.79 Å². The smallest absolute Gasteiger partial charge is 0.174 e. The number of fused-ring (bicyclic) bond motifs is 3. The first-order valence-electron chi connectivity index (χ1n) is 23.2. The van der Waals surface area contributed by atoms with E-state index >= 15 is 0 Å². The van der Waals surface area contributed by atoms with E-state index in [0.29, 0.717) is 58.4 Å². The minimum atomic E-state index is -0.820. The Morgan fingerprint density at radius 3 is 1.71 bits per heavy atom. The summed E-state index contributed by atoms with van der Waals surface area (Å²) in [7, 11) is 0. The Balaban J connectivity index is 0.962. The van der Waals surface area contributed by atoms with Gasteiger partial charge in [0.05, 0.1) is 88.5 Å². The Labute approximate surface area is 368 Å². The molecule has 5 heterocycles. The summed E-state index contributed by atoms with van der Waals surface area (Å²) in [6, 6.07) is 41.4. The van der Waals surface area contributed by atoms with Crippen LogP contribution in [0.15, 0.2) is 121 Å². The van der Waals surface area contributed by atoms with Crippen LogP contribution in [0.25, 0.3) is 0 Å². The molecule has 4 aromatic rings. The zero-order valence-corrected chi connectivity index (χ0v) is 36.9. The van der Waals surface area contributed by atoms with Crippen molar-refractivity contribution in [1.82, 2.24) is 0 Å². The topological polar surface area (TPSA) is 83.1 Å². The summed E-state index contributed by atoms with van der Waals surface area (Å²) in [5.74, 6) is -0.395. The van der Waals surface area contributed by atoms with Crippen LogP contribution in [0.4, 0.5) is 0 Å². The van der Waals surface area contributed by atoms with Gasteiger partial charge in [-0.1, -0.05) is 149 Å². The molecule has 0 aliphatic carbocycles. The Morgan fingerprint density at radius 2 is 1.08 bits per heavy atom. The highest BCUT2D eigenvalue weighted by Crippen LogP contribution is 2.51. The summed E-state index contributed by atoms with van der Waals surface area (Å²) in [5, 5.41) is 0. The van der Waals surface area contributed by atoms with Gasteiger partial charge in [0.15, 0.2) is 5.79 Å². The zero-order chi connectivity index (χ0) is 42.5. The fraction of sp³-hybridized carbons (Fsp3) is 0.547. The largest absolute Gasteiger partial charge is 0.374 e. The molecule has 5 aliphatic rings. The average Bonchev–Trinajstić information content (AvgIpc) is 3.67. The normalized spacial score (nSPS) is 37.0. The number of rotatable bonds is 13. The monoisotopic (exact) mass is 846 g/mol. The Kier molecular flexibility index (Phi) is 14.2. The lowest BCUT2D eigenvalue weighted by Crippen LogP contribution is -2.61. The van der Waals surface area contributed by atoms with E-state index in [0.717, 1.165) is 35.1 Å². The third-order valence-corrected chi connectivity index (χ3v) is 14.3. The van der Waals surface area contributed by atoms with Crippen molar-refractivity contribution in [2.45, 2.75) is 147 Å². The average molecular weight is 847 g/mol. The molecule has 0 amide bonds. The van der Waals surface area contributed by atoms with Gasteiger partial charge in [-0.3, -0.25) is 0 Å². The maximum atomic E-state index is 7.38. The molecule has 332 valence electrons. The van der Waals surface area contributed by atoms with Gasteiger partial charge in [-0.05, 0) is 46.9 Å². The molecule has 4 aromatic carbocycles. The Hall–Kier alpha value is -3.48. The summed E-state index contributed by atoms with van der Waals surface area (Å²) in [4.78, 5) is 0. The van der Waals surface area contributed by atoms with E-state index in [-0.39, 0.29) is 78.8 Å². The third-order valence-electron chi connectivity index (χ3n) is 14.3. The highest BCUT2D eigenvalue weighted by molar-refractivity contribution is 5.16. The molecule has 9 heteroatoms. The highest BCUT2D eigenvalue weighted by atomic mass is 16.7. The lowest BCUT2D eigenvalue weighted by molar-refractivity contribution is -0.341. The molecular formula is C53H66O9. The van der Waals surface area contributed by atoms with Crippen LogP contribution >= 0.6 is 0 Å². The van der Waals surface area contributed by atoms with Crippen LogP contribution < -0.4 is 0 Å². The van der Waals surface area contributed by atoms with Crippen LogP contribution in [-0.2, 0) is 69.1 Å². The van der Waals surface area contributed by atoms with Crippen molar-refractivity contribution in [3.63, 3.8) is 0 Å².